The van der Waals surface area contributed by atoms with Crippen LogP contribution in [-0.2, 0) is 16.1 Å². The van der Waals surface area contributed by atoms with Crippen molar-refractivity contribution in [3.63, 3.8) is 0 Å². The molecule has 156 valence electrons. The highest BCUT2D eigenvalue weighted by molar-refractivity contribution is 6.46. The van der Waals surface area contributed by atoms with Crippen LogP contribution in [0.25, 0.3) is 5.76 Å². The third-order valence-corrected chi connectivity index (χ3v) is 5.28. The van der Waals surface area contributed by atoms with Crippen molar-refractivity contribution < 1.29 is 19.4 Å². The van der Waals surface area contributed by atoms with Gasteiger partial charge in [-0.2, -0.15) is 0 Å². The fraction of sp³-hybridized carbons (Fsp3) is 0.167. The van der Waals surface area contributed by atoms with Crippen molar-refractivity contribution in [3.8, 4) is 5.75 Å². The molecule has 1 N–H and O–H groups in total. The number of rotatable bonds is 5. The van der Waals surface area contributed by atoms with E-state index in [1.807, 2.05) is 13.0 Å². The number of Topliss-reactive ketones (excluding diaryl/α,β-unsaturated/α-hetero) is 1. The lowest BCUT2D eigenvalue weighted by Gasteiger charge is -2.25. The highest BCUT2D eigenvalue weighted by Gasteiger charge is 2.46. The molecule has 1 unspecified atom stereocenters. The van der Waals surface area contributed by atoms with Crippen LogP contribution in [0, 0.1) is 6.92 Å². The van der Waals surface area contributed by atoms with Gasteiger partial charge in [-0.05, 0) is 53.9 Å². The quantitative estimate of drug-likeness (QED) is 0.390. The number of carbonyl (C=O) groups excluding carboxylic acids is 2. The number of amides is 1. The molecule has 3 heterocycles. The number of likely N-dealkylation sites (tertiary alicyclic amines) is 1. The van der Waals surface area contributed by atoms with Gasteiger partial charge in [-0.15, -0.1) is 0 Å². The van der Waals surface area contributed by atoms with Gasteiger partial charge in [0.05, 0.1) is 18.7 Å². The number of aryl methyl sites for hydroxylation is 1. The Morgan fingerprint density at radius 3 is 2.45 bits per heavy atom. The van der Waals surface area contributed by atoms with E-state index in [1.165, 1.54) is 4.90 Å². The minimum absolute atomic E-state index is 0.0338. The van der Waals surface area contributed by atoms with Crippen LogP contribution in [0.1, 0.15) is 28.3 Å². The Morgan fingerprint density at radius 1 is 1.10 bits per heavy atom. The number of nitrogens with zero attached hydrogens (tertiary/aromatic N) is 3. The summed E-state index contributed by atoms with van der Waals surface area (Å²) in [6, 6.07) is 11.5. The first-order chi connectivity index (χ1) is 15.0. The first kappa shape index (κ1) is 20.3. The van der Waals surface area contributed by atoms with Crippen LogP contribution in [0.5, 0.6) is 5.75 Å². The summed E-state index contributed by atoms with van der Waals surface area (Å²) < 4.78 is 5.28. The topological polar surface area (TPSA) is 92.6 Å². The molecule has 0 aliphatic carbocycles. The smallest absolute Gasteiger partial charge is 0.295 e. The fourth-order valence-electron chi connectivity index (χ4n) is 3.80. The van der Waals surface area contributed by atoms with Crippen LogP contribution < -0.4 is 4.74 Å². The van der Waals surface area contributed by atoms with Crippen molar-refractivity contribution in [2.24, 2.45) is 0 Å². The molecule has 1 aliphatic heterocycles. The summed E-state index contributed by atoms with van der Waals surface area (Å²) in [5, 5.41) is 11.1. The van der Waals surface area contributed by atoms with Gasteiger partial charge in [0.15, 0.2) is 0 Å². The maximum atomic E-state index is 13.0. The molecule has 7 nitrogen and oxygen atoms in total. The average molecular weight is 415 g/mol. The summed E-state index contributed by atoms with van der Waals surface area (Å²) in [6.07, 6.45) is 6.50. The van der Waals surface area contributed by atoms with E-state index in [2.05, 4.69) is 9.97 Å². The van der Waals surface area contributed by atoms with Gasteiger partial charge in [0.25, 0.3) is 11.7 Å². The van der Waals surface area contributed by atoms with Crippen molar-refractivity contribution in [1.82, 2.24) is 14.9 Å². The van der Waals surface area contributed by atoms with Crippen LogP contribution in [0.2, 0.25) is 0 Å². The second-order valence-corrected chi connectivity index (χ2v) is 7.26. The van der Waals surface area contributed by atoms with Gasteiger partial charge < -0.3 is 14.7 Å². The molecule has 1 fully saturated rings. The van der Waals surface area contributed by atoms with E-state index in [0.29, 0.717) is 16.9 Å². The van der Waals surface area contributed by atoms with Crippen molar-refractivity contribution >= 4 is 17.4 Å². The minimum Gasteiger partial charge on any atom is -0.507 e. The standard InChI is InChI=1S/C24H21N3O4/c1-15-11-17(7-8-19(15)31-2)22(28)20-21(18-6-4-10-26-13-18)27(24(30)23(20)29)14-16-5-3-9-25-12-16/h3-13,21,28H,14H2,1-2H3/b22-20-. The molecule has 4 rings (SSSR count). The van der Waals surface area contributed by atoms with Gasteiger partial charge >= 0.3 is 0 Å². The number of pyridine rings is 2. The van der Waals surface area contributed by atoms with E-state index >= 15 is 0 Å². The molecule has 31 heavy (non-hydrogen) atoms. The largest absolute Gasteiger partial charge is 0.507 e. The first-order valence-electron chi connectivity index (χ1n) is 9.73. The Balaban J connectivity index is 1.85. The zero-order chi connectivity index (χ0) is 22.0. The van der Waals surface area contributed by atoms with Crippen molar-refractivity contribution in [2.75, 3.05) is 7.11 Å². The van der Waals surface area contributed by atoms with E-state index in [4.69, 9.17) is 4.74 Å². The van der Waals surface area contributed by atoms with Crippen molar-refractivity contribution in [1.29, 1.82) is 0 Å². The third-order valence-electron chi connectivity index (χ3n) is 5.28. The number of carbonyl (C=O) groups is 2. The molecule has 3 aromatic rings. The Bertz CT molecular complexity index is 1160. The SMILES string of the molecule is COc1ccc(/C(O)=C2/C(=O)C(=O)N(Cc3cccnc3)C2c2cccnc2)cc1C. The van der Waals surface area contributed by atoms with Gasteiger partial charge in [-0.3, -0.25) is 19.6 Å². The predicted octanol–water partition coefficient (Wildman–Crippen LogP) is 3.42. The highest BCUT2D eigenvalue weighted by Crippen LogP contribution is 2.40. The van der Waals surface area contributed by atoms with Crippen LogP contribution in [0.3, 0.4) is 0 Å². The highest BCUT2D eigenvalue weighted by atomic mass is 16.5. The molecule has 1 atom stereocenters. The molecule has 1 aliphatic rings. The molecule has 7 heteroatoms. The van der Waals surface area contributed by atoms with E-state index in [1.54, 1.807) is 68.3 Å². The van der Waals surface area contributed by atoms with E-state index in [0.717, 1.165) is 11.1 Å². The van der Waals surface area contributed by atoms with E-state index < -0.39 is 17.7 Å². The molecular weight excluding hydrogens is 394 g/mol. The Kier molecular flexibility index (Phi) is 5.49. The lowest BCUT2D eigenvalue weighted by molar-refractivity contribution is -0.140. The van der Waals surface area contributed by atoms with E-state index in [-0.39, 0.29) is 17.9 Å². The summed E-state index contributed by atoms with van der Waals surface area (Å²) in [5.41, 5.74) is 2.68. The van der Waals surface area contributed by atoms with Gasteiger partial charge in [0.2, 0.25) is 0 Å². The summed E-state index contributed by atoms with van der Waals surface area (Å²) >= 11 is 0. The van der Waals surface area contributed by atoms with Crippen molar-refractivity contribution in [2.45, 2.75) is 19.5 Å². The average Bonchev–Trinajstić information content (AvgIpc) is 3.04. The number of aliphatic hydroxyl groups is 1. The molecule has 0 spiro atoms. The third kappa shape index (κ3) is 3.77. The second-order valence-electron chi connectivity index (χ2n) is 7.26. The number of ether oxygens (including phenoxy) is 1. The molecule has 1 saturated heterocycles. The summed E-state index contributed by atoms with van der Waals surface area (Å²) in [4.78, 5) is 35.7. The van der Waals surface area contributed by atoms with Gasteiger partial charge in [0, 0.05) is 36.9 Å². The van der Waals surface area contributed by atoms with Gasteiger partial charge in [0.1, 0.15) is 11.5 Å². The summed E-state index contributed by atoms with van der Waals surface area (Å²) in [7, 11) is 1.56. The molecular formula is C24H21N3O4. The molecule has 1 amide bonds. The lowest BCUT2D eigenvalue weighted by atomic mass is 9.95. The number of hydrogen-bond acceptors (Lipinski definition) is 6. The molecule has 0 saturated carbocycles. The zero-order valence-corrected chi connectivity index (χ0v) is 17.1. The fourth-order valence-corrected chi connectivity index (χ4v) is 3.80. The first-order valence-corrected chi connectivity index (χ1v) is 9.73. The Morgan fingerprint density at radius 2 is 1.84 bits per heavy atom. The monoisotopic (exact) mass is 415 g/mol. The molecule has 1 aromatic carbocycles. The van der Waals surface area contributed by atoms with Crippen LogP contribution in [0.4, 0.5) is 0 Å². The molecule has 2 aromatic heterocycles. The van der Waals surface area contributed by atoms with Gasteiger partial charge in [-0.25, -0.2) is 0 Å². The number of ketones is 1. The summed E-state index contributed by atoms with van der Waals surface area (Å²) in [5.74, 6) is -0.975. The van der Waals surface area contributed by atoms with Crippen LogP contribution in [0.15, 0.2) is 72.8 Å². The predicted molar refractivity (Wildman–Crippen MR) is 114 cm³/mol. The lowest BCUT2D eigenvalue weighted by Crippen LogP contribution is -2.29. The number of hydrogen-bond donors (Lipinski definition) is 1. The zero-order valence-electron chi connectivity index (χ0n) is 17.1. The number of aromatic nitrogens is 2. The number of benzene rings is 1. The van der Waals surface area contributed by atoms with E-state index in [9.17, 15) is 14.7 Å². The van der Waals surface area contributed by atoms with Crippen LogP contribution >= 0.6 is 0 Å². The molecule has 0 bridgehead atoms. The maximum absolute atomic E-state index is 13.0. The van der Waals surface area contributed by atoms with Crippen molar-refractivity contribution in [3.05, 3.63) is 95.1 Å². The molecule has 0 radical (unpaired) electrons. The normalized spacial score (nSPS) is 17.7. The Hall–Kier alpha value is -4.00. The number of methoxy groups -OCH3 is 1. The minimum atomic E-state index is -0.767. The Labute approximate surface area is 179 Å². The maximum Gasteiger partial charge on any atom is 0.295 e. The summed E-state index contributed by atoms with van der Waals surface area (Å²) in [6.45, 7) is 2.02. The van der Waals surface area contributed by atoms with Gasteiger partial charge in [-0.1, -0.05) is 12.1 Å². The second kappa shape index (κ2) is 8.39. The van der Waals surface area contributed by atoms with Crippen LogP contribution in [-0.4, -0.2) is 38.8 Å². The number of aliphatic hydroxyl groups excluding tert-OH is 1.